The summed E-state index contributed by atoms with van der Waals surface area (Å²) in [4.78, 5) is 11.2. The number of carbonyl (C=O) groups is 1. The van der Waals surface area contributed by atoms with Gasteiger partial charge in [-0.3, -0.25) is 9.48 Å². The molecule has 1 aromatic heterocycles. The van der Waals surface area contributed by atoms with Crippen LogP contribution in [0.4, 0.5) is 0 Å². The zero-order valence-electron chi connectivity index (χ0n) is 8.11. The van der Waals surface area contributed by atoms with E-state index in [0.29, 0.717) is 13.1 Å². The third kappa shape index (κ3) is 3.49. The summed E-state index contributed by atoms with van der Waals surface area (Å²) in [5, 5.41) is 6.86. The van der Waals surface area contributed by atoms with Gasteiger partial charge in [-0.2, -0.15) is 5.10 Å². The van der Waals surface area contributed by atoms with Gasteiger partial charge < -0.3 is 5.32 Å². The van der Waals surface area contributed by atoms with Crippen molar-refractivity contribution in [3.63, 3.8) is 0 Å². The number of halogens is 1. The number of alkyl halides is 1. The fourth-order valence-electron chi connectivity index (χ4n) is 1.02. The highest BCUT2D eigenvalue weighted by atomic mass is 79.9. The number of nitrogens with one attached hydrogen (secondary N) is 1. The molecule has 0 aliphatic carbocycles. The highest BCUT2D eigenvalue weighted by molar-refractivity contribution is 9.10. The zero-order chi connectivity index (χ0) is 10.4. The van der Waals surface area contributed by atoms with Gasteiger partial charge in [0.15, 0.2) is 0 Å². The van der Waals surface area contributed by atoms with E-state index in [1.54, 1.807) is 10.9 Å². The quantitative estimate of drug-likeness (QED) is 0.808. The van der Waals surface area contributed by atoms with E-state index >= 15 is 0 Å². The van der Waals surface area contributed by atoms with Crippen LogP contribution in [0, 0.1) is 0 Å². The van der Waals surface area contributed by atoms with Crippen molar-refractivity contribution < 1.29 is 4.79 Å². The van der Waals surface area contributed by atoms with E-state index < -0.39 is 0 Å². The number of amides is 1. The Bertz CT molecular complexity index is 274. The molecule has 14 heavy (non-hydrogen) atoms. The van der Waals surface area contributed by atoms with Gasteiger partial charge in [0.2, 0.25) is 5.91 Å². The van der Waals surface area contributed by atoms with Crippen molar-refractivity contribution in [3.8, 4) is 0 Å². The van der Waals surface area contributed by atoms with Crippen LogP contribution >= 0.6 is 15.9 Å². The Hall–Kier alpha value is -0.840. The molecule has 1 atom stereocenters. The summed E-state index contributed by atoms with van der Waals surface area (Å²) in [6.45, 7) is 3.29. The normalized spacial score (nSPS) is 12.4. The van der Waals surface area contributed by atoms with E-state index in [2.05, 4.69) is 26.3 Å². The summed E-state index contributed by atoms with van der Waals surface area (Å²) in [6.07, 6.45) is 4.40. The predicted molar refractivity (Wildman–Crippen MR) is 58.2 cm³/mol. The first kappa shape index (κ1) is 11.2. The third-order valence-electron chi connectivity index (χ3n) is 1.84. The number of hydrogen-bond acceptors (Lipinski definition) is 2. The molecule has 0 aromatic carbocycles. The molecule has 0 aliphatic heterocycles. The maximum absolute atomic E-state index is 11.3. The molecule has 1 heterocycles. The molecule has 1 amide bonds. The van der Waals surface area contributed by atoms with Gasteiger partial charge in [-0.15, -0.1) is 0 Å². The van der Waals surface area contributed by atoms with Gasteiger partial charge in [0, 0.05) is 18.9 Å². The van der Waals surface area contributed by atoms with Crippen LogP contribution in [-0.2, 0) is 11.3 Å². The Morgan fingerprint density at radius 1 is 1.71 bits per heavy atom. The van der Waals surface area contributed by atoms with Crippen molar-refractivity contribution in [1.29, 1.82) is 0 Å². The van der Waals surface area contributed by atoms with Gasteiger partial charge in [-0.05, 0) is 12.5 Å². The first-order valence-electron chi connectivity index (χ1n) is 4.63. The molecular formula is C9H14BrN3O. The fourth-order valence-corrected chi connectivity index (χ4v) is 1.18. The summed E-state index contributed by atoms with van der Waals surface area (Å²) in [5.74, 6) is 0.0413. The monoisotopic (exact) mass is 259 g/mol. The Morgan fingerprint density at radius 3 is 3.07 bits per heavy atom. The lowest BCUT2D eigenvalue weighted by Crippen LogP contribution is -2.33. The lowest BCUT2D eigenvalue weighted by molar-refractivity contribution is -0.120. The minimum absolute atomic E-state index is 0.0413. The summed E-state index contributed by atoms with van der Waals surface area (Å²) < 4.78 is 1.79. The Balaban J connectivity index is 2.18. The maximum atomic E-state index is 11.3. The van der Waals surface area contributed by atoms with Crippen LogP contribution in [0.15, 0.2) is 18.5 Å². The van der Waals surface area contributed by atoms with Crippen LogP contribution in [0.25, 0.3) is 0 Å². The Kier molecular flexibility index (Phi) is 4.65. The Morgan fingerprint density at radius 2 is 2.50 bits per heavy atom. The van der Waals surface area contributed by atoms with Crippen molar-refractivity contribution in [3.05, 3.63) is 18.5 Å². The second-order valence-electron chi connectivity index (χ2n) is 2.94. The van der Waals surface area contributed by atoms with Crippen molar-refractivity contribution >= 4 is 21.8 Å². The topological polar surface area (TPSA) is 46.9 Å². The summed E-state index contributed by atoms with van der Waals surface area (Å²) in [6, 6.07) is 1.86. The van der Waals surface area contributed by atoms with Crippen molar-refractivity contribution in [2.24, 2.45) is 0 Å². The number of aromatic nitrogens is 2. The van der Waals surface area contributed by atoms with E-state index in [0.717, 1.165) is 6.42 Å². The number of nitrogens with zero attached hydrogens (tertiary/aromatic N) is 2. The van der Waals surface area contributed by atoms with Gasteiger partial charge in [-0.1, -0.05) is 22.9 Å². The van der Waals surface area contributed by atoms with Crippen molar-refractivity contribution in [2.75, 3.05) is 6.54 Å². The molecule has 1 aromatic rings. The molecule has 78 valence electrons. The molecule has 1 unspecified atom stereocenters. The maximum Gasteiger partial charge on any atom is 0.233 e. The average molecular weight is 260 g/mol. The first-order chi connectivity index (χ1) is 6.74. The van der Waals surface area contributed by atoms with Gasteiger partial charge in [-0.25, -0.2) is 0 Å². The summed E-state index contributed by atoms with van der Waals surface area (Å²) >= 11 is 3.29. The molecule has 5 heteroatoms. The van der Waals surface area contributed by atoms with E-state index in [-0.39, 0.29) is 10.7 Å². The van der Waals surface area contributed by atoms with E-state index in [1.165, 1.54) is 0 Å². The zero-order valence-corrected chi connectivity index (χ0v) is 9.70. The average Bonchev–Trinajstić information content (AvgIpc) is 2.69. The highest BCUT2D eigenvalue weighted by Gasteiger charge is 2.10. The van der Waals surface area contributed by atoms with Crippen LogP contribution in [0.1, 0.15) is 13.3 Å². The van der Waals surface area contributed by atoms with Gasteiger partial charge in [0.25, 0.3) is 0 Å². The molecular weight excluding hydrogens is 246 g/mol. The van der Waals surface area contributed by atoms with E-state index in [9.17, 15) is 4.79 Å². The molecule has 0 saturated carbocycles. The van der Waals surface area contributed by atoms with Gasteiger partial charge in [0.1, 0.15) is 0 Å². The molecule has 0 aliphatic rings. The standard InChI is InChI=1S/C9H14BrN3O/c1-2-8(10)9(14)11-5-7-13-6-3-4-12-13/h3-4,6,8H,2,5,7H2,1H3,(H,11,14). The van der Waals surface area contributed by atoms with E-state index in [1.807, 2.05) is 19.2 Å². The minimum Gasteiger partial charge on any atom is -0.353 e. The molecule has 0 saturated heterocycles. The number of hydrogen-bond donors (Lipinski definition) is 1. The van der Waals surface area contributed by atoms with Gasteiger partial charge in [0.05, 0.1) is 11.4 Å². The SMILES string of the molecule is CCC(Br)C(=O)NCCn1cccn1. The van der Waals surface area contributed by atoms with Crippen LogP contribution < -0.4 is 5.32 Å². The second-order valence-corrected chi connectivity index (χ2v) is 4.04. The molecule has 1 rings (SSSR count). The second kappa shape index (κ2) is 5.80. The van der Waals surface area contributed by atoms with Crippen LogP contribution in [0.2, 0.25) is 0 Å². The van der Waals surface area contributed by atoms with Gasteiger partial charge >= 0.3 is 0 Å². The third-order valence-corrected chi connectivity index (χ3v) is 2.91. The fraction of sp³-hybridized carbons (Fsp3) is 0.556. The molecule has 0 spiro atoms. The lowest BCUT2D eigenvalue weighted by atomic mass is 10.3. The number of rotatable bonds is 5. The van der Waals surface area contributed by atoms with Crippen molar-refractivity contribution in [2.45, 2.75) is 24.7 Å². The summed E-state index contributed by atoms with van der Waals surface area (Å²) in [5.41, 5.74) is 0. The van der Waals surface area contributed by atoms with Crippen LogP contribution in [0.5, 0.6) is 0 Å². The molecule has 1 N–H and O–H groups in total. The number of carbonyl (C=O) groups excluding carboxylic acids is 1. The minimum atomic E-state index is -0.0832. The van der Waals surface area contributed by atoms with Crippen molar-refractivity contribution in [1.82, 2.24) is 15.1 Å². The Labute approximate surface area is 91.8 Å². The van der Waals surface area contributed by atoms with Crippen LogP contribution in [0.3, 0.4) is 0 Å². The lowest BCUT2D eigenvalue weighted by Gasteiger charge is -2.08. The highest BCUT2D eigenvalue weighted by Crippen LogP contribution is 2.03. The smallest absolute Gasteiger partial charge is 0.233 e. The van der Waals surface area contributed by atoms with E-state index in [4.69, 9.17) is 0 Å². The summed E-state index contributed by atoms with van der Waals surface area (Å²) in [7, 11) is 0. The first-order valence-corrected chi connectivity index (χ1v) is 5.54. The van der Waals surface area contributed by atoms with Crippen LogP contribution in [-0.4, -0.2) is 27.1 Å². The molecule has 0 bridgehead atoms. The largest absolute Gasteiger partial charge is 0.353 e. The molecule has 0 radical (unpaired) electrons. The molecule has 0 fully saturated rings. The predicted octanol–water partition coefficient (Wildman–Crippen LogP) is 1.17. The molecule has 4 nitrogen and oxygen atoms in total.